The van der Waals surface area contributed by atoms with Gasteiger partial charge >= 0.3 is 0 Å². The zero-order valence-corrected chi connectivity index (χ0v) is 15.5. The van der Waals surface area contributed by atoms with E-state index in [9.17, 15) is 13.2 Å². The Labute approximate surface area is 156 Å². The molecule has 2 aliphatic rings. The van der Waals surface area contributed by atoms with Crippen LogP contribution < -0.4 is 14.4 Å². The van der Waals surface area contributed by atoms with E-state index >= 15 is 0 Å². The molecule has 136 valence electrons. The molecule has 0 spiro atoms. The second kappa shape index (κ2) is 5.89. The van der Waals surface area contributed by atoms with Crippen LogP contribution in [-0.2, 0) is 14.8 Å². The first-order valence-electron chi connectivity index (χ1n) is 8.12. The third-order valence-electron chi connectivity index (χ3n) is 5.02. The Kier molecular flexibility index (Phi) is 3.89. The van der Waals surface area contributed by atoms with Crippen LogP contribution in [0, 0.1) is 5.92 Å². The van der Waals surface area contributed by atoms with Crippen LogP contribution in [0.4, 0.5) is 11.4 Å². The van der Waals surface area contributed by atoms with Crippen molar-refractivity contribution in [2.75, 3.05) is 23.3 Å². The van der Waals surface area contributed by atoms with E-state index in [0.717, 1.165) is 0 Å². The number of carbonyl (C=O) groups excluding carboxylic acids is 1. The number of ether oxygens (including phenoxy) is 1. The molecule has 1 saturated carbocycles. The van der Waals surface area contributed by atoms with Crippen molar-refractivity contribution in [2.45, 2.75) is 11.2 Å². The average molecular weight is 393 g/mol. The van der Waals surface area contributed by atoms with Crippen molar-refractivity contribution in [1.82, 2.24) is 0 Å². The van der Waals surface area contributed by atoms with E-state index in [1.165, 1.54) is 11.4 Å². The fourth-order valence-corrected chi connectivity index (χ4v) is 6.16. The smallest absolute Gasteiger partial charge is 0.250 e. The zero-order chi connectivity index (χ0) is 18.5. The van der Waals surface area contributed by atoms with E-state index in [0.29, 0.717) is 35.1 Å². The molecule has 2 atom stereocenters. The molecule has 6 nitrogen and oxygen atoms in total. The summed E-state index contributed by atoms with van der Waals surface area (Å²) in [4.78, 5) is 12.8. The number of hydrogen-bond donors (Lipinski definition) is 1. The molecular formula is C18H17ClN2O4S. The van der Waals surface area contributed by atoms with E-state index in [4.69, 9.17) is 16.3 Å². The van der Waals surface area contributed by atoms with Crippen LogP contribution in [-0.4, -0.2) is 32.7 Å². The number of nitrogens with one attached hydrogen (secondary N) is 1. The SMILES string of the molecule is COc1ccc(NC(=O)[C@]23C[C@@H]2CN(c2ccccc2)S3(=O)=O)cc1Cl. The summed E-state index contributed by atoms with van der Waals surface area (Å²) in [5, 5.41) is 3.04. The highest BCUT2D eigenvalue weighted by Crippen LogP contribution is 2.58. The van der Waals surface area contributed by atoms with E-state index < -0.39 is 20.7 Å². The topological polar surface area (TPSA) is 75.7 Å². The number of benzene rings is 2. The maximum absolute atomic E-state index is 13.1. The molecule has 1 aliphatic carbocycles. The van der Waals surface area contributed by atoms with Gasteiger partial charge in [0, 0.05) is 18.2 Å². The van der Waals surface area contributed by atoms with Crippen molar-refractivity contribution in [2.24, 2.45) is 5.92 Å². The summed E-state index contributed by atoms with van der Waals surface area (Å²) in [5.41, 5.74) is 1.02. The van der Waals surface area contributed by atoms with Gasteiger partial charge in [-0.05, 0) is 36.8 Å². The molecule has 1 N–H and O–H groups in total. The molecule has 1 aliphatic heterocycles. The Morgan fingerprint density at radius 1 is 1.27 bits per heavy atom. The number of methoxy groups -OCH3 is 1. The molecule has 1 heterocycles. The van der Waals surface area contributed by atoms with Gasteiger partial charge in [0.05, 0.1) is 17.8 Å². The van der Waals surface area contributed by atoms with Crippen molar-refractivity contribution >= 4 is 38.9 Å². The molecule has 26 heavy (non-hydrogen) atoms. The Balaban J connectivity index is 1.60. The zero-order valence-electron chi connectivity index (χ0n) is 14.0. The molecule has 2 fully saturated rings. The van der Waals surface area contributed by atoms with Gasteiger partial charge in [0.25, 0.3) is 0 Å². The quantitative estimate of drug-likeness (QED) is 0.868. The number of hydrogen-bond acceptors (Lipinski definition) is 4. The summed E-state index contributed by atoms with van der Waals surface area (Å²) in [5.74, 6) is -0.237. The summed E-state index contributed by atoms with van der Waals surface area (Å²) in [6.07, 6.45) is 0.342. The molecule has 0 unspecified atom stereocenters. The lowest BCUT2D eigenvalue weighted by molar-refractivity contribution is -0.116. The number of halogens is 1. The molecule has 0 aromatic heterocycles. The van der Waals surface area contributed by atoms with Crippen LogP contribution in [0.15, 0.2) is 48.5 Å². The molecule has 0 bridgehead atoms. The summed E-state index contributed by atoms with van der Waals surface area (Å²) >= 11 is 6.07. The molecule has 8 heteroatoms. The molecule has 1 amide bonds. The van der Waals surface area contributed by atoms with Crippen molar-refractivity contribution in [3.8, 4) is 5.75 Å². The predicted molar refractivity (Wildman–Crippen MR) is 100 cm³/mol. The van der Waals surface area contributed by atoms with Crippen LogP contribution >= 0.6 is 11.6 Å². The van der Waals surface area contributed by atoms with E-state index in [2.05, 4.69) is 5.32 Å². The summed E-state index contributed by atoms with van der Waals surface area (Å²) in [6.45, 7) is 0.323. The summed E-state index contributed by atoms with van der Waals surface area (Å²) in [6, 6.07) is 13.6. The maximum atomic E-state index is 13.1. The van der Waals surface area contributed by atoms with Gasteiger partial charge < -0.3 is 10.1 Å². The first kappa shape index (κ1) is 17.2. The van der Waals surface area contributed by atoms with Gasteiger partial charge in [-0.2, -0.15) is 0 Å². The van der Waals surface area contributed by atoms with E-state index in [-0.39, 0.29) is 5.92 Å². The minimum absolute atomic E-state index is 0.207. The van der Waals surface area contributed by atoms with E-state index in [1.54, 1.807) is 42.5 Å². The molecule has 0 radical (unpaired) electrons. The van der Waals surface area contributed by atoms with Crippen LogP contribution in [0.25, 0.3) is 0 Å². The number of anilines is 2. The highest BCUT2D eigenvalue weighted by atomic mass is 35.5. The van der Waals surface area contributed by atoms with Gasteiger partial charge in [-0.3, -0.25) is 9.10 Å². The van der Waals surface area contributed by atoms with Gasteiger partial charge in [0.1, 0.15) is 5.75 Å². The van der Waals surface area contributed by atoms with Crippen LogP contribution in [0.3, 0.4) is 0 Å². The van der Waals surface area contributed by atoms with E-state index in [1.807, 2.05) is 6.07 Å². The fraction of sp³-hybridized carbons (Fsp3) is 0.278. The number of fused-ring (bicyclic) bond motifs is 1. The number of nitrogens with zero attached hydrogens (tertiary/aromatic N) is 1. The standard InChI is InChI=1S/C18H17ClN2O4S/c1-25-16-8-7-13(9-15(16)19)20-17(22)18-10-12(18)11-21(26(18,23)24)14-5-3-2-4-6-14/h2-9,12H,10-11H2,1H3,(H,20,22)/t12-,18+/m1/s1. The van der Waals surface area contributed by atoms with Crippen molar-refractivity contribution < 1.29 is 17.9 Å². The van der Waals surface area contributed by atoms with Gasteiger partial charge in [0.15, 0.2) is 4.75 Å². The molecule has 4 rings (SSSR count). The Morgan fingerprint density at radius 2 is 2.00 bits per heavy atom. The third-order valence-corrected chi connectivity index (χ3v) is 7.87. The number of para-hydroxylation sites is 1. The van der Waals surface area contributed by atoms with Crippen LogP contribution in [0.1, 0.15) is 6.42 Å². The monoisotopic (exact) mass is 392 g/mol. The Bertz CT molecular complexity index is 980. The number of rotatable bonds is 4. The molecule has 1 saturated heterocycles. The minimum atomic E-state index is -3.79. The second-order valence-corrected chi connectivity index (χ2v) is 8.99. The highest BCUT2D eigenvalue weighted by molar-refractivity contribution is 7.95. The van der Waals surface area contributed by atoms with Crippen LogP contribution in [0.5, 0.6) is 5.75 Å². The Hall–Kier alpha value is -2.25. The van der Waals surface area contributed by atoms with Gasteiger partial charge in [0.2, 0.25) is 15.9 Å². The average Bonchev–Trinajstić information content (AvgIpc) is 3.31. The van der Waals surface area contributed by atoms with Gasteiger partial charge in [-0.25, -0.2) is 8.42 Å². The maximum Gasteiger partial charge on any atom is 0.250 e. The second-order valence-electron chi connectivity index (χ2n) is 6.47. The van der Waals surface area contributed by atoms with Crippen molar-refractivity contribution in [3.05, 3.63) is 53.6 Å². The predicted octanol–water partition coefficient (Wildman–Crippen LogP) is 2.90. The lowest BCUT2D eigenvalue weighted by Crippen LogP contribution is -2.42. The summed E-state index contributed by atoms with van der Waals surface area (Å²) in [7, 11) is -2.29. The number of amides is 1. The van der Waals surface area contributed by atoms with Crippen molar-refractivity contribution in [1.29, 1.82) is 0 Å². The lowest BCUT2D eigenvalue weighted by Gasteiger charge is -2.23. The first-order valence-corrected chi connectivity index (χ1v) is 9.94. The first-order chi connectivity index (χ1) is 12.4. The van der Waals surface area contributed by atoms with Crippen LogP contribution in [0.2, 0.25) is 5.02 Å². The molecule has 2 aromatic rings. The van der Waals surface area contributed by atoms with Gasteiger partial charge in [-0.15, -0.1) is 0 Å². The van der Waals surface area contributed by atoms with Gasteiger partial charge in [-0.1, -0.05) is 29.8 Å². The van der Waals surface area contributed by atoms with Crippen molar-refractivity contribution in [3.63, 3.8) is 0 Å². The molecular weight excluding hydrogens is 376 g/mol. The molecule has 2 aromatic carbocycles. The fourth-order valence-electron chi connectivity index (χ4n) is 3.54. The normalized spacial score (nSPS) is 25.5. The number of sulfonamides is 1. The highest BCUT2D eigenvalue weighted by Gasteiger charge is 2.75. The Morgan fingerprint density at radius 3 is 2.65 bits per heavy atom. The largest absolute Gasteiger partial charge is 0.495 e. The minimum Gasteiger partial charge on any atom is -0.495 e. The number of carbonyl (C=O) groups is 1. The third kappa shape index (κ3) is 2.38. The summed E-state index contributed by atoms with van der Waals surface area (Å²) < 4.78 is 31.2. The lowest BCUT2D eigenvalue weighted by atomic mass is 10.2.